The molecule has 1 aliphatic heterocycles. The Labute approximate surface area is 178 Å². The van der Waals surface area contributed by atoms with Crippen molar-refractivity contribution in [2.75, 3.05) is 51.7 Å². The average molecular weight is 492 g/mol. The first kappa shape index (κ1) is 21.7. The smallest absolute Gasteiger partial charge is 0.191 e. The van der Waals surface area contributed by atoms with Crippen molar-refractivity contribution >= 4 is 46.4 Å². The van der Waals surface area contributed by atoms with E-state index in [1.54, 1.807) is 11.3 Å². The summed E-state index contributed by atoms with van der Waals surface area (Å²) in [6, 6.07) is 0. The topological polar surface area (TPSA) is 61.0 Å². The monoisotopic (exact) mass is 492 g/mol. The molecule has 0 aromatic carbocycles. The van der Waals surface area contributed by atoms with Crippen LogP contribution in [0.5, 0.6) is 0 Å². The fourth-order valence-electron chi connectivity index (χ4n) is 4.15. The van der Waals surface area contributed by atoms with Crippen molar-refractivity contribution in [3.63, 3.8) is 0 Å². The predicted molar refractivity (Wildman–Crippen MR) is 122 cm³/mol. The van der Waals surface area contributed by atoms with Gasteiger partial charge in [-0.05, 0) is 32.9 Å². The zero-order valence-electron chi connectivity index (χ0n) is 16.2. The van der Waals surface area contributed by atoms with Crippen molar-refractivity contribution in [2.45, 2.75) is 38.1 Å². The second-order valence-electron chi connectivity index (χ2n) is 7.78. The highest BCUT2D eigenvalue weighted by molar-refractivity contribution is 14.0. The lowest BCUT2D eigenvalue weighted by Gasteiger charge is -2.44. The number of halogens is 1. The summed E-state index contributed by atoms with van der Waals surface area (Å²) in [7, 11) is 4.38. The van der Waals surface area contributed by atoms with Crippen molar-refractivity contribution in [3.8, 4) is 0 Å². The lowest BCUT2D eigenvalue weighted by molar-refractivity contribution is 0.0843. The van der Waals surface area contributed by atoms with Gasteiger partial charge >= 0.3 is 0 Å². The molecule has 8 heteroatoms. The van der Waals surface area contributed by atoms with E-state index in [1.165, 1.54) is 25.7 Å². The van der Waals surface area contributed by atoms with E-state index in [0.717, 1.165) is 43.8 Å². The molecule has 148 valence electrons. The van der Waals surface area contributed by atoms with Crippen molar-refractivity contribution in [1.82, 2.24) is 14.8 Å². The Balaban J connectivity index is 0.00000243. The van der Waals surface area contributed by atoms with Gasteiger partial charge in [0.1, 0.15) is 0 Å². The summed E-state index contributed by atoms with van der Waals surface area (Å²) in [5.41, 5.74) is 6.52. The van der Waals surface area contributed by atoms with Crippen LogP contribution in [0, 0.1) is 5.92 Å². The Morgan fingerprint density at radius 1 is 1.38 bits per heavy atom. The van der Waals surface area contributed by atoms with Crippen molar-refractivity contribution in [3.05, 3.63) is 11.6 Å². The summed E-state index contributed by atoms with van der Waals surface area (Å²) in [5, 5.41) is 3.14. The molecule has 6 nitrogen and oxygen atoms in total. The first-order chi connectivity index (χ1) is 12.0. The second kappa shape index (κ2) is 9.54. The highest BCUT2D eigenvalue weighted by Crippen LogP contribution is 2.36. The van der Waals surface area contributed by atoms with E-state index in [9.17, 15) is 0 Å². The minimum Gasteiger partial charge on any atom is -0.370 e. The molecule has 2 unspecified atom stereocenters. The third kappa shape index (κ3) is 5.01. The Morgan fingerprint density at radius 2 is 2.12 bits per heavy atom. The molecule has 2 N–H and O–H groups in total. The number of anilines is 1. The van der Waals surface area contributed by atoms with E-state index in [2.05, 4.69) is 40.7 Å². The molecule has 0 spiro atoms. The van der Waals surface area contributed by atoms with Crippen LogP contribution < -0.4 is 10.6 Å². The number of aliphatic imine (C=N–C) groups is 1. The molecular weight excluding hydrogens is 459 g/mol. The van der Waals surface area contributed by atoms with Gasteiger partial charge in [0.25, 0.3) is 0 Å². The number of guanidine groups is 1. The molecule has 26 heavy (non-hydrogen) atoms. The molecule has 2 fully saturated rings. The molecule has 1 aromatic rings. The van der Waals surface area contributed by atoms with Crippen LogP contribution >= 0.6 is 35.3 Å². The number of hydrogen-bond donors (Lipinski definition) is 1. The Bertz CT molecular complexity index is 570. The summed E-state index contributed by atoms with van der Waals surface area (Å²) >= 11 is 1.70. The van der Waals surface area contributed by atoms with Gasteiger partial charge in [0, 0.05) is 43.3 Å². The fraction of sp³-hybridized carbons (Fsp3) is 0.778. The van der Waals surface area contributed by atoms with Crippen LogP contribution in [0.15, 0.2) is 16.6 Å². The number of piperazine rings is 1. The average Bonchev–Trinajstić information content (AvgIpc) is 3.14. The van der Waals surface area contributed by atoms with E-state index in [0.29, 0.717) is 5.96 Å². The third-order valence-electron chi connectivity index (χ3n) is 5.85. The van der Waals surface area contributed by atoms with E-state index in [-0.39, 0.29) is 29.5 Å². The van der Waals surface area contributed by atoms with E-state index in [4.69, 9.17) is 10.7 Å². The van der Waals surface area contributed by atoms with Gasteiger partial charge < -0.3 is 20.4 Å². The first-order valence-electron chi connectivity index (χ1n) is 9.37. The van der Waals surface area contributed by atoms with Gasteiger partial charge in [-0.2, -0.15) is 0 Å². The van der Waals surface area contributed by atoms with Gasteiger partial charge in [0.15, 0.2) is 11.1 Å². The summed E-state index contributed by atoms with van der Waals surface area (Å²) in [5.74, 6) is 1.48. The first-order valence-corrected chi connectivity index (χ1v) is 10.2. The van der Waals surface area contributed by atoms with Gasteiger partial charge in [-0.25, -0.2) is 4.98 Å². The Morgan fingerprint density at radius 3 is 2.69 bits per heavy atom. The van der Waals surface area contributed by atoms with Crippen LogP contribution in [0.4, 0.5) is 5.13 Å². The molecular formula is C18H33IN6S. The molecule has 2 heterocycles. The molecule has 2 aliphatic rings. The van der Waals surface area contributed by atoms with Gasteiger partial charge in [-0.15, -0.1) is 35.3 Å². The van der Waals surface area contributed by atoms with Gasteiger partial charge in [-0.3, -0.25) is 4.99 Å². The molecule has 0 amide bonds. The maximum absolute atomic E-state index is 6.35. The van der Waals surface area contributed by atoms with Crippen LogP contribution in [0.1, 0.15) is 32.6 Å². The summed E-state index contributed by atoms with van der Waals surface area (Å²) in [6.45, 7) is 6.92. The molecule has 2 atom stereocenters. The van der Waals surface area contributed by atoms with E-state index >= 15 is 0 Å². The largest absolute Gasteiger partial charge is 0.370 e. The van der Waals surface area contributed by atoms with Crippen LogP contribution in [-0.4, -0.2) is 73.1 Å². The molecule has 1 saturated carbocycles. The van der Waals surface area contributed by atoms with Crippen LogP contribution in [0.3, 0.4) is 0 Å². The highest BCUT2D eigenvalue weighted by atomic mass is 127. The summed E-state index contributed by atoms with van der Waals surface area (Å²) < 4.78 is 0. The standard InChI is InChI=1S/C18H32N6S.HI/c1-15-5-4-6-18(13-15,22(2)3)14-21-16(19)23-8-10-24(11-9-23)17-20-7-12-25-17;/h7,12,15H,4-6,8-11,13-14H2,1-3H3,(H2,19,21);1H. The number of nitrogens with two attached hydrogens (primary N) is 1. The zero-order chi connectivity index (χ0) is 17.9. The molecule has 3 rings (SSSR count). The molecule has 1 aliphatic carbocycles. The maximum atomic E-state index is 6.35. The summed E-state index contributed by atoms with van der Waals surface area (Å²) in [6.07, 6.45) is 6.94. The number of hydrogen-bond acceptors (Lipinski definition) is 5. The second-order valence-corrected chi connectivity index (χ2v) is 8.66. The minimum absolute atomic E-state index is 0. The molecule has 1 saturated heterocycles. The summed E-state index contributed by atoms with van der Waals surface area (Å²) in [4.78, 5) is 16.2. The third-order valence-corrected chi connectivity index (χ3v) is 6.68. The van der Waals surface area contributed by atoms with Gasteiger partial charge in [0.2, 0.25) is 0 Å². The quantitative estimate of drug-likeness (QED) is 0.398. The fourth-order valence-corrected chi connectivity index (χ4v) is 4.85. The lowest BCUT2D eigenvalue weighted by atomic mass is 9.75. The molecule has 1 aromatic heterocycles. The van der Waals surface area contributed by atoms with Crippen LogP contribution in [0.25, 0.3) is 0 Å². The Kier molecular flexibility index (Phi) is 7.96. The maximum Gasteiger partial charge on any atom is 0.191 e. The minimum atomic E-state index is 0. The van der Waals surface area contributed by atoms with E-state index < -0.39 is 0 Å². The van der Waals surface area contributed by atoms with Crippen molar-refractivity contribution in [2.24, 2.45) is 16.6 Å². The highest BCUT2D eigenvalue weighted by Gasteiger charge is 2.37. The molecule has 0 radical (unpaired) electrons. The van der Waals surface area contributed by atoms with Crippen molar-refractivity contribution in [1.29, 1.82) is 0 Å². The predicted octanol–water partition coefficient (Wildman–Crippen LogP) is 2.71. The Hall–Kier alpha value is -0.610. The number of thiazole rings is 1. The number of aromatic nitrogens is 1. The number of rotatable bonds is 4. The lowest BCUT2D eigenvalue weighted by Crippen LogP contribution is -2.53. The van der Waals surface area contributed by atoms with Gasteiger partial charge in [0.05, 0.1) is 6.54 Å². The van der Waals surface area contributed by atoms with Crippen LogP contribution in [-0.2, 0) is 0 Å². The van der Waals surface area contributed by atoms with Crippen LogP contribution in [0.2, 0.25) is 0 Å². The van der Waals surface area contributed by atoms with Gasteiger partial charge in [-0.1, -0.05) is 19.8 Å². The normalized spacial score (nSPS) is 27.5. The number of likely N-dealkylation sites (N-methyl/N-ethyl adjacent to an activating group) is 1. The number of nitrogens with zero attached hydrogens (tertiary/aromatic N) is 5. The molecule has 0 bridgehead atoms. The van der Waals surface area contributed by atoms with E-state index in [1.807, 2.05) is 11.6 Å². The van der Waals surface area contributed by atoms with Crippen molar-refractivity contribution < 1.29 is 0 Å². The zero-order valence-corrected chi connectivity index (χ0v) is 19.4. The SMILES string of the molecule is CC1CCCC(CN=C(N)N2CCN(c3nccs3)CC2)(N(C)C)C1.I.